The predicted molar refractivity (Wildman–Crippen MR) is 71.1 cm³/mol. The second-order valence-corrected chi connectivity index (χ2v) is 4.48. The molecular formula is C12H16FN5O2. The van der Waals surface area contributed by atoms with Crippen molar-refractivity contribution in [1.82, 2.24) is 19.9 Å². The molecule has 2 atom stereocenters. The number of nitrogen functional groups attached to an aromatic ring is 1. The third-order valence-corrected chi connectivity index (χ3v) is 3.37. The van der Waals surface area contributed by atoms with E-state index in [9.17, 15) is 4.39 Å². The van der Waals surface area contributed by atoms with Gasteiger partial charge in [-0.3, -0.25) is 0 Å². The van der Waals surface area contributed by atoms with E-state index in [1.165, 1.54) is 12.7 Å². The highest BCUT2D eigenvalue weighted by molar-refractivity contribution is 5.80. The third kappa shape index (κ3) is 2.75. The molecule has 1 fully saturated rings. The van der Waals surface area contributed by atoms with E-state index in [1.54, 1.807) is 0 Å². The highest BCUT2D eigenvalue weighted by atomic mass is 19.1. The summed E-state index contributed by atoms with van der Waals surface area (Å²) in [4.78, 5) is 14.4. The molecule has 5 N–H and O–H groups in total. The Morgan fingerprint density at radius 1 is 1.35 bits per heavy atom. The third-order valence-electron chi connectivity index (χ3n) is 3.37. The number of halogens is 1. The van der Waals surface area contributed by atoms with Crippen LogP contribution in [0, 0.1) is 11.8 Å². The summed E-state index contributed by atoms with van der Waals surface area (Å²) in [5.74, 6) is 0.379. The van der Waals surface area contributed by atoms with Crippen molar-refractivity contribution in [3.63, 3.8) is 0 Å². The molecule has 0 saturated heterocycles. The number of anilines is 1. The highest BCUT2D eigenvalue weighted by Crippen LogP contribution is 2.39. The second-order valence-electron chi connectivity index (χ2n) is 4.48. The minimum absolute atomic E-state index is 0.0442. The van der Waals surface area contributed by atoms with Crippen molar-refractivity contribution >= 4 is 17.0 Å². The van der Waals surface area contributed by atoms with Crippen LogP contribution < -0.4 is 5.73 Å². The van der Waals surface area contributed by atoms with E-state index >= 15 is 0 Å². The standard InChI is InChI=1S/C7H11FO2.C5H5N5/c8-2-5-1-6(3-9)7(5)4-10;6-4-3-5(9-1-7-3)10-2-8-4/h2,6-7,9-10H,1,3-4H2;1-2H,(H3,6,7,8,9,10)/b5-2-;/t6?,7-;/m1./s1. The first-order valence-corrected chi connectivity index (χ1v) is 6.11. The lowest BCUT2D eigenvalue weighted by atomic mass is 9.71. The molecule has 1 aliphatic carbocycles. The van der Waals surface area contributed by atoms with Gasteiger partial charge in [0.2, 0.25) is 0 Å². The average Bonchev–Trinajstić information content (AvgIpc) is 2.90. The van der Waals surface area contributed by atoms with Crippen molar-refractivity contribution in [2.75, 3.05) is 18.9 Å². The number of H-pyrrole nitrogens is 1. The zero-order valence-electron chi connectivity index (χ0n) is 10.7. The first kappa shape index (κ1) is 14.4. The molecule has 1 aliphatic rings. The van der Waals surface area contributed by atoms with Gasteiger partial charge in [-0.1, -0.05) is 0 Å². The van der Waals surface area contributed by atoms with Gasteiger partial charge in [-0.2, -0.15) is 0 Å². The van der Waals surface area contributed by atoms with Gasteiger partial charge in [-0.05, 0) is 17.9 Å². The molecule has 0 amide bonds. The van der Waals surface area contributed by atoms with Crippen LogP contribution in [0.4, 0.5) is 10.2 Å². The maximum Gasteiger partial charge on any atom is 0.182 e. The normalized spacial score (nSPS) is 23.2. The number of rotatable bonds is 2. The molecule has 0 aromatic carbocycles. The van der Waals surface area contributed by atoms with Gasteiger partial charge in [0, 0.05) is 12.5 Å². The van der Waals surface area contributed by atoms with E-state index < -0.39 is 0 Å². The van der Waals surface area contributed by atoms with Crippen LogP contribution in [-0.4, -0.2) is 43.4 Å². The second kappa shape index (κ2) is 6.40. The summed E-state index contributed by atoms with van der Waals surface area (Å²) in [6, 6.07) is 0. The minimum Gasteiger partial charge on any atom is -0.396 e. The van der Waals surface area contributed by atoms with E-state index in [0.717, 1.165) is 0 Å². The molecule has 1 saturated carbocycles. The van der Waals surface area contributed by atoms with Crippen molar-refractivity contribution in [3.05, 3.63) is 24.6 Å². The summed E-state index contributed by atoms with van der Waals surface area (Å²) in [7, 11) is 0. The van der Waals surface area contributed by atoms with E-state index in [1.807, 2.05) is 0 Å². The van der Waals surface area contributed by atoms with Crippen molar-refractivity contribution in [2.24, 2.45) is 11.8 Å². The lowest BCUT2D eigenvalue weighted by molar-refractivity contribution is 0.0936. The number of aromatic amines is 1. The summed E-state index contributed by atoms with van der Waals surface area (Å²) in [5, 5.41) is 17.3. The van der Waals surface area contributed by atoms with Crippen molar-refractivity contribution in [1.29, 1.82) is 0 Å². The van der Waals surface area contributed by atoms with Crippen LogP contribution in [-0.2, 0) is 0 Å². The van der Waals surface area contributed by atoms with Crippen LogP contribution in [0.25, 0.3) is 11.2 Å². The minimum atomic E-state index is -0.130. The average molecular weight is 281 g/mol. The molecule has 0 radical (unpaired) electrons. The van der Waals surface area contributed by atoms with Gasteiger partial charge in [-0.15, -0.1) is 0 Å². The Kier molecular flexibility index (Phi) is 4.59. The maximum absolute atomic E-state index is 11.8. The van der Waals surface area contributed by atoms with Gasteiger partial charge in [0.15, 0.2) is 11.5 Å². The van der Waals surface area contributed by atoms with Gasteiger partial charge in [0.25, 0.3) is 0 Å². The fraction of sp³-hybridized carbons (Fsp3) is 0.417. The number of nitrogens with two attached hydrogens (primary N) is 1. The van der Waals surface area contributed by atoms with Gasteiger partial charge >= 0.3 is 0 Å². The van der Waals surface area contributed by atoms with Crippen LogP contribution >= 0.6 is 0 Å². The van der Waals surface area contributed by atoms with E-state index in [0.29, 0.717) is 35.3 Å². The summed E-state index contributed by atoms with van der Waals surface area (Å²) in [5.41, 5.74) is 7.41. The van der Waals surface area contributed by atoms with E-state index in [4.69, 9.17) is 15.9 Å². The first-order valence-electron chi connectivity index (χ1n) is 6.11. The predicted octanol–water partition coefficient (Wildman–Crippen LogP) is 0.396. The van der Waals surface area contributed by atoms with Gasteiger partial charge in [0.05, 0.1) is 19.3 Å². The molecule has 3 rings (SSSR count). The lowest BCUT2D eigenvalue weighted by Gasteiger charge is -2.36. The molecule has 7 nitrogen and oxygen atoms in total. The van der Waals surface area contributed by atoms with Crippen LogP contribution in [0.15, 0.2) is 24.6 Å². The maximum atomic E-state index is 11.8. The monoisotopic (exact) mass is 281 g/mol. The number of aromatic nitrogens is 4. The molecule has 0 spiro atoms. The number of fused-ring (bicyclic) bond motifs is 1. The van der Waals surface area contributed by atoms with Gasteiger partial charge in [0.1, 0.15) is 11.8 Å². The Morgan fingerprint density at radius 3 is 2.75 bits per heavy atom. The number of nitrogens with one attached hydrogen (secondary N) is 1. The van der Waals surface area contributed by atoms with Gasteiger partial charge < -0.3 is 20.9 Å². The SMILES string of the molecule is Nc1ncnc2nc[nH]c12.OCC1C/C(=C/F)[C@H]1CO. The summed E-state index contributed by atoms with van der Waals surface area (Å²) in [6.07, 6.45) is 4.06. The Labute approximate surface area is 114 Å². The van der Waals surface area contributed by atoms with E-state index in [-0.39, 0.29) is 25.0 Å². The van der Waals surface area contributed by atoms with Crippen LogP contribution in [0.2, 0.25) is 0 Å². The molecule has 20 heavy (non-hydrogen) atoms. The highest BCUT2D eigenvalue weighted by Gasteiger charge is 2.34. The summed E-state index contributed by atoms with van der Waals surface area (Å²) >= 11 is 0. The van der Waals surface area contributed by atoms with E-state index in [2.05, 4.69) is 19.9 Å². The number of aliphatic hydroxyl groups excluding tert-OH is 2. The van der Waals surface area contributed by atoms with Crippen LogP contribution in [0.1, 0.15) is 6.42 Å². The van der Waals surface area contributed by atoms with Gasteiger partial charge in [-0.25, -0.2) is 19.3 Å². The number of hydrogen-bond acceptors (Lipinski definition) is 6. The fourth-order valence-electron chi connectivity index (χ4n) is 2.11. The largest absolute Gasteiger partial charge is 0.396 e. The molecule has 2 aromatic heterocycles. The molecule has 108 valence electrons. The number of nitrogens with zero attached hydrogens (tertiary/aromatic N) is 3. The Hall–Kier alpha value is -2.06. The molecule has 2 heterocycles. The Morgan fingerprint density at radius 2 is 2.15 bits per heavy atom. The molecule has 0 aliphatic heterocycles. The quantitative estimate of drug-likeness (QED) is 0.632. The Bertz CT molecular complexity index is 600. The van der Waals surface area contributed by atoms with Crippen molar-refractivity contribution < 1.29 is 14.6 Å². The first-order chi connectivity index (χ1) is 9.71. The summed E-state index contributed by atoms with van der Waals surface area (Å²) in [6.45, 7) is -0.0104. The van der Waals surface area contributed by atoms with Crippen LogP contribution in [0.3, 0.4) is 0 Å². The molecule has 1 unspecified atom stereocenters. The number of imidazole rings is 1. The smallest absolute Gasteiger partial charge is 0.182 e. The zero-order valence-corrected chi connectivity index (χ0v) is 10.7. The topological polar surface area (TPSA) is 121 Å². The Balaban J connectivity index is 0.000000147. The van der Waals surface area contributed by atoms with Crippen LogP contribution in [0.5, 0.6) is 0 Å². The molecule has 0 bridgehead atoms. The lowest BCUT2D eigenvalue weighted by Crippen LogP contribution is -2.34. The molecule has 2 aromatic rings. The number of hydrogen-bond donors (Lipinski definition) is 4. The zero-order chi connectivity index (χ0) is 14.5. The molecule has 8 heteroatoms. The summed E-state index contributed by atoms with van der Waals surface area (Å²) < 4.78 is 11.8. The van der Waals surface area contributed by atoms with Crippen molar-refractivity contribution in [2.45, 2.75) is 6.42 Å². The molecular weight excluding hydrogens is 265 g/mol. The fourth-order valence-corrected chi connectivity index (χ4v) is 2.11. The number of aliphatic hydroxyl groups is 2. The van der Waals surface area contributed by atoms with Crippen molar-refractivity contribution in [3.8, 4) is 0 Å².